The molecule has 0 radical (unpaired) electrons. The van der Waals surface area contributed by atoms with Crippen LogP contribution in [0.15, 0.2) is 24.3 Å². The molecule has 4 heteroatoms. The van der Waals surface area contributed by atoms with E-state index in [4.69, 9.17) is 0 Å². The van der Waals surface area contributed by atoms with E-state index >= 15 is 0 Å². The Morgan fingerprint density at radius 1 is 1.09 bits per heavy atom. The van der Waals surface area contributed by atoms with Crippen molar-refractivity contribution in [2.45, 2.75) is 62.6 Å². The molecule has 3 N–H and O–H groups in total. The molecule has 0 spiro atoms. The van der Waals surface area contributed by atoms with Gasteiger partial charge in [0.05, 0.1) is 18.6 Å². The van der Waals surface area contributed by atoms with Gasteiger partial charge < -0.3 is 15.5 Å². The largest absolute Gasteiger partial charge is 0.389 e. The Morgan fingerprint density at radius 3 is 2.59 bits per heavy atom. The van der Waals surface area contributed by atoms with Crippen molar-refractivity contribution in [3.8, 4) is 0 Å². The highest BCUT2D eigenvalue weighted by atomic mass is 16.3. The normalized spacial score (nSPS) is 26.5. The molecule has 2 aliphatic rings. The van der Waals surface area contributed by atoms with Crippen molar-refractivity contribution in [3.05, 3.63) is 35.4 Å². The molecule has 0 aromatic heterocycles. The fraction of sp³-hybridized carbons (Fsp3) is 0.611. The average Bonchev–Trinajstić information content (AvgIpc) is 2.92. The lowest BCUT2D eigenvalue weighted by molar-refractivity contribution is -0.127. The lowest BCUT2D eigenvalue weighted by Crippen LogP contribution is -2.44. The summed E-state index contributed by atoms with van der Waals surface area (Å²) >= 11 is 0. The maximum Gasteiger partial charge on any atom is 0.223 e. The zero-order valence-electron chi connectivity index (χ0n) is 13.0. The molecule has 1 saturated carbocycles. The van der Waals surface area contributed by atoms with Crippen LogP contribution in [0.1, 0.15) is 56.1 Å². The first kappa shape index (κ1) is 15.5. The zero-order chi connectivity index (χ0) is 15.6. The number of carbonyl (C=O) groups is 1. The van der Waals surface area contributed by atoms with E-state index in [1.165, 1.54) is 5.56 Å². The molecule has 0 bridgehead atoms. The van der Waals surface area contributed by atoms with Gasteiger partial charge in [0.1, 0.15) is 5.60 Å². The van der Waals surface area contributed by atoms with Crippen molar-refractivity contribution in [3.63, 3.8) is 0 Å². The third kappa shape index (κ3) is 3.18. The molecule has 1 fully saturated rings. The zero-order valence-corrected chi connectivity index (χ0v) is 13.0. The van der Waals surface area contributed by atoms with Crippen LogP contribution < -0.4 is 5.32 Å². The molecular weight excluding hydrogens is 278 g/mol. The minimum Gasteiger partial charge on any atom is -0.389 e. The summed E-state index contributed by atoms with van der Waals surface area (Å²) in [5.74, 6) is -0.166. The second-order valence-electron chi connectivity index (χ2n) is 6.93. The number of fused-ring (bicyclic) bond motifs is 1. The van der Waals surface area contributed by atoms with E-state index < -0.39 is 11.2 Å². The first-order valence-corrected chi connectivity index (χ1v) is 8.31. The number of aryl methyl sites for hydroxylation is 1. The summed E-state index contributed by atoms with van der Waals surface area (Å²) in [5, 5.41) is 24.1. The molecular formula is C18H25NO3. The van der Waals surface area contributed by atoms with Gasteiger partial charge >= 0.3 is 0 Å². The van der Waals surface area contributed by atoms with Gasteiger partial charge in [0, 0.05) is 0 Å². The van der Waals surface area contributed by atoms with Crippen molar-refractivity contribution in [2.75, 3.05) is 6.54 Å². The van der Waals surface area contributed by atoms with Crippen LogP contribution >= 0.6 is 0 Å². The maximum atomic E-state index is 12.1. The van der Waals surface area contributed by atoms with Gasteiger partial charge in [0.2, 0.25) is 5.91 Å². The van der Waals surface area contributed by atoms with Gasteiger partial charge in [0.15, 0.2) is 0 Å². The van der Waals surface area contributed by atoms with Gasteiger partial charge in [-0.3, -0.25) is 4.79 Å². The molecule has 22 heavy (non-hydrogen) atoms. The number of rotatable bonds is 4. The molecule has 4 nitrogen and oxygen atoms in total. The van der Waals surface area contributed by atoms with E-state index in [9.17, 15) is 15.0 Å². The van der Waals surface area contributed by atoms with E-state index in [1.807, 2.05) is 24.3 Å². The van der Waals surface area contributed by atoms with Crippen LogP contribution in [-0.2, 0) is 16.8 Å². The molecule has 3 rings (SSSR count). The molecule has 2 aliphatic carbocycles. The van der Waals surface area contributed by atoms with Gasteiger partial charge in [0.25, 0.3) is 0 Å². The Morgan fingerprint density at radius 2 is 1.82 bits per heavy atom. The SMILES string of the molecule is O=C(CC1(O)CCCC1)NCC1(O)CCCc2ccccc21. The number of hydrogen-bond donors (Lipinski definition) is 3. The number of hydrogen-bond acceptors (Lipinski definition) is 3. The third-order valence-corrected chi connectivity index (χ3v) is 5.16. The molecule has 1 aromatic rings. The molecule has 1 aromatic carbocycles. The second kappa shape index (κ2) is 6.01. The fourth-order valence-electron chi connectivity index (χ4n) is 3.90. The average molecular weight is 303 g/mol. The summed E-state index contributed by atoms with van der Waals surface area (Å²) in [6.45, 7) is 0.221. The fourth-order valence-corrected chi connectivity index (χ4v) is 3.90. The second-order valence-corrected chi connectivity index (χ2v) is 6.93. The Labute approximate surface area is 131 Å². The Kier molecular flexibility index (Phi) is 4.24. The van der Waals surface area contributed by atoms with Crippen LogP contribution in [0.25, 0.3) is 0 Å². The van der Waals surface area contributed by atoms with Crippen molar-refractivity contribution in [1.29, 1.82) is 0 Å². The number of benzene rings is 1. The smallest absolute Gasteiger partial charge is 0.223 e. The van der Waals surface area contributed by atoms with Crippen LogP contribution in [-0.4, -0.2) is 28.3 Å². The third-order valence-electron chi connectivity index (χ3n) is 5.16. The number of carbonyl (C=O) groups excluding carboxylic acids is 1. The molecule has 0 heterocycles. The van der Waals surface area contributed by atoms with Gasteiger partial charge in [-0.25, -0.2) is 0 Å². The number of nitrogens with one attached hydrogen (secondary N) is 1. The highest BCUT2D eigenvalue weighted by Gasteiger charge is 2.36. The van der Waals surface area contributed by atoms with E-state index in [1.54, 1.807) is 0 Å². The van der Waals surface area contributed by atoms with Crippen molar-refractivity contribution < 1.29 is 15.0 Å². The van der Waals surface area contributed by atoms with E-state index in [-0.39, 0.29) is 18.9 Å². The molecule has 120 valence electrons. The Hall–Kier alpha value is -1.39. The van der Waals surface area contributed by atoms with E-state index in [2.05, 4.69) is 5.32 Å². The van der Waals surface area contributed by atoms with Crippen molar-refractivity contribution >= 4 is 5.91 Å². The summed E-state index contributed by atoms with van der Waals surface area (Å²) in [5.41, 5.74) is 0.279. The highest BCUT2D eigenvalue weighted by molar-refractivity contribution is 5.77. The summed E-state index contributed by atoms with van der Waals surface area (Å²) < 4.78 is 0. The lowest BCUT2D eigenvalue weighted by atomic mass is 9.79. The van der Waals surface area contributed by atoms with Crippen molar-refractivity contribution in [1.82, 2.24) is 5.32 Å². The minimum absolute atomic E-state index is 0.144. The number of amides is 1. The molecule has 0 saturated heterocycles. The van der Waals surface area contributed by atoms with Crippen LogP contribution in [0.2, 0.25) is 0 Å². The number of aliphatic hydroxyl groups is 2. The molecule has 0 aliphatic heterocycles. The topological polar surface area (TPSA) is 69.6 Å². The molecule has 1 amide bonds. The molecule has 1 atom stereocenters. The van der Waals surface area contributed by atoms with Gasteiger partial charge in [-0.1, -0.05) is 37.1 Å². The van der Waals surface area contributed by atoms with Crippen LogP contribution in [0.4, 0.5) is 0 Å². The quantitative estimate of drug-likeness (QED) is 0.797. The van der Waals surface area contributed by atoms with Crippen molar-refractivity contribution in [2.24, 2.45) is 0 Å². The molecule has 1 unspecified atom stereocenters. The van der Waals surface area contributed by atoms with Crippen LogP contribution in [0.5, 0.6) is 0 Å². The lowest BCUT2D eigenvalue weighted by Gasteiger charge is -2.35. The first-order valence-electron chi connectivity index (χ1n) is 8.31. The van der Waals surface area contributed by atoms with Crippen LogP contribution in [0, 0.1) is 0 Å². The summed E-state index contributed by atoms with van der Waals surface area (Å²) in [6, 6.07) is 7.91. The van der Waals surface area contributed by atoms with E-state index in [0.717, 1.165) is 31.2 Å². The van der Waals surface area contributed by atoms with E-state index in [0.29, 0.717) is 19.3 Å². The monoisotopic (exact) mass is 303 g/mol. The van der Waals surface area contributed by atoms with Gasteiger partial charge in [-0.2, -0.15) is 0 Å². The predicted molar refractivity (Wildman–Crippen MR) is 84.3 cm³/mol. The predicted octanol–water partition coefficient (Wildman–Crippen LogP) is 2.02. The Bertz CT molecular complexity index is 551. The van der Waals surface area contributed by atoms with Crippen LogP contribution in [0.3, 0.4) is 0 Å². The van der Waals surface area contributed by atoms with Gasteiger partial charge in [-0.05, 0) is 43.2 Å². The van der Waals surface area contributed by atoms with Gasteiger partial charge in [-0.15, -0.1) is 0 Å². The minimum atomic E-state index is -0.983. The maximum absolute atomic E-state index is 12.1. The Balaban J connectivity index is 1.62. The first-order chi connectivity index (χ1) is 10.5. The highest BCUT2D eigenvalue weighted by Crippen LogP contribution is 2.35. The summed E-state index contributed by atoms with van der Waals surface area (Å²) in [4.78, 5) is 12.1. The summed E-state index contributed by atoms with van der Waals surface area (Å²) in [6.07, 6.45) is 6.09. The standard InChI is InChI=1S/C18H25NO3/c20-16(12-17(21)9-3-4-10-17)19-13-18(22)11-5-7-14-6-1-2-8-15(14)18/h1-2,6,8,21-22H,3-5,7,9-13H2,(H,19,20). The summed E-state index contributed by atoms with van der Waals surface area (Å²) in [7, 11) is 0.